The molecule has 1 N–H and O–H groups in total. The normalized spacial score (nSPS) is 14.9. The van der Waals surface area contributed by atoms with Crippen LogP contribution in [0.15, 0.2) is 30.6 Å². The molecule has 3 rings (SSSR count). The Kier molecular flexibility index (Phi) is 2.52. The first kappa shape index (κ1) is 10.6. The minimum absolute atomic E-state index is 0.342. The zero-order valence-corrected chi connectivity index (χ0v) is 9.78. The largest absolute Gasteiger partial charge is 0.324 e. The SMILES string of the molecule is Fc1ccc(Nc2nccn2C2CC2)c(Cl)c1. The highest BCUT2D eigenvalue weighted by Gasteiger charge is 2.25. The number of halogens is 2. The van der Waals surface area contributed by atoms with E-state index in [1.165, 1.54) is 25.0 Å². The molecule has 0 atom stereocenters. The summed E-state index contributed by atoms with van der Waals surface area (Å²) in [5.74, 6) is 0.409. The van der Waals surface area contributed by atoms with Gasteiger partial charge in [-0.05, 0) is 31.0 Å². The molecule has 1 aromatic carbocycles. The second-order valence-corrected chi connectivity index (χ2v) is 4.55. The van der Waals surface area contributed by atoms with E-state index in [9.17, 15) is 4.39 Å². The standard InChI is InChI=1S/C12H11ClFN3/c13-10-7-8(14)1-4-11(10)16-12-15-5-6-17(12)9-2-3-9/h1,4-7,9H,2-3H2,(H,15,16). The van der Waals surface area contributed by atoms with Crippen LogP contribution in [-0.2, 0) is 0 Å². The van der Waals surface area contributed by atoms with Crippen molar-refractivity contribution in [1.29, 1.82) is 0 Å². The van der Waals surface area contributed by atoms with Crippen molar-refractivity contribution in [2.75, 3.05) is 5.32 Å². The van der Waals surface area contributed by atoms with E-state index in [4.69, 9.17) is 11.6 Å². The van der Waals surface area contributed by atoms with Crippen molar-refractivity contribution in [3.8, 4) is 0 Å². The van der Waals surface area contributed by atoms with Gasteiger partial charge in [-0.2, -0.15) is 0 Å². The number of nitrogens with zero attached hydrogens (tertiary/aromatic N) is 2. The Balaban J connectivity index is 1.88. The van der Waals surface area contributed by atoms with Crippen LogP contribution < -0.4 is 5.32 Å². The van der Waals surface area contributed by atoms with Crippen LogP contribution in [0.3, 0.4) is 0 Å². The number of benzene rings is 1. The molecule has 3 nitrogen and oxygen atoms in total. The van der Waals surface area contributed by atoms with Gasteiger partial charge in [0.25, 0.3) is 0 Å². The van der Waals surface area contributed by atoms with Crippen molar-refractivity contribution in [3.05, 3.63) is 41.4 Å². The molecule has 0 aliphatic heterocycles. The maximum atomic E-state index is 12.9. The minimum Gasteiger partial charge on any atom is -0.324 e. The molecule has 1 aliphatic rings. The van der Waals surface area contributed by atoms with Gasteiger partial charge in [0.05, 0.1) is 10.7 Å². The number of imidazole rings is 1. The lowest BCUT2D eigenvalue weighted by atomic mass is 10.3. The summed E-state index contributed by atoms with van der Waals surface area (Å²) in [6, 6.07) is 4.82. The third-order valence-electron chi connectivity index (χ3n) is 2.79. The number of hydrogen-bond acceptors (Lipinski definition) is 2. The van der Waals surface area contributed by atoms with Gasteiger partial charge in [0.15, 0.2) is 0 Å². The van der Waals surface area contributed by atoms with Crippen LogP contribution in [0.5, 0.6) is 0 Å². The zero-order valence-electron chi connectivity index (χ0n) is 9.03. The molecule has 1 saturated carbocycles. The summed E-state index contributed by atoms with van der Waals surface area (Å²) in [6.45, 7) is 0. The summed E-state index contributed by atoms with van der Waals surface area (Å²) in [5, 5.41) is 3.48. The second kappa shape index (κ2) is 4.04. The van der Waals surface area contributed by atoms with Crippen LogP contribution in [0, 0.1) is 5.82 Å². The molecule has 0 amide bonds. The molecule has 0 radical (unpaired) electrons. The molecule has 5 heteroatoms. The fourth-order valence-electron chi connectivity index (χ4n) is 1.77. The molecular formula is C12H11ClFN3. The summed E-state index contributed by atoms with van der Waals surface area (Å²) in [7, 11) is 0. The first-order chi connectivity index (χ1) is 8.24. The Morgan fingerprint density at radius 1 is 1.41 bits per heavy atom. The van der Waals surface area contributed by atoms with Gasteiger partial charge in [0.2, 0.25) is 5.95 Å². The van der Waals surface area contributed by atoms with Crippen LogP contribution in [0.1, 0.15) is 18.9 Å². The van der Waals surface area contributed by atoms with E-state index < -0.39 is 0 Å². The third-order valence-corrected chi connectivity index (χ3v) is 3.10. The molecule has 0 bridgehead atoms. The quantitative estimate of drug-likeness (QED) is 0.900. The first-order valence-corrected chi connectivity index (χ1v) is 5.87. The Bertz CT molecular complexity index is 548. The number of hydrogen-bond donors (Lipinski definition) is 1. The van der Waals surface area contributed by atoms with Crippen molar-refractivity contribution in [3.63, 3.8) is 0 Å². The molecule has 17 heavy (non-hydrogen) atoms. The van der Waals surface area contributed by atoms with E-state index in [1.807, 2.05) is 6.20 Å². The number of aromatic nitrogens is 2. The molecule has 1 aliphatic carbocycles. The van der Waals surface area contributed by atoms with Crippen molar-refractivity contribution in [2.45, 2.75) is 18.9 Å². The van der Waals surface area contributed by atoms with Crippen molar-refractivity contribution >= 4 is 23.2 Å². The topological polar surface area (TPSA) is 29.9 Å². The van der Waals surface area contributed by atoms with E-state index in [2.05, 4.69) is 14.9 Å². The third kappa shape index (κ3) is 2.13. The van der Waals surface area contributed by atoms with E-state index >= 15 is 0 Å². The smallest absolute Gasteiger partial charge is 0.207 e. The predicted molar refractivity (Wildman–Crippen MR) is 65.2 cm³/mol. The van der Waals surface area contributed by atoms with E-state index in [1.54, 1.807) is 12.3 Å². The Morgan fingerprint density at radius 3 is 2.94 bits per heavy atom. The van der Waals surface area contributed by atoms with Gasteiger partial charge in [0, 0.05) is 18.4 Å². The monoisotopic (exact) mass is 251 g/mol. The van der Waals surface area contributed by atoms with Gasteiger partial charge in [-0.3, -0.25) is 0 Å². The van der Waals surface area contributed by atoms with Gasteiger partial charge < -0.3 is 9.88 Å². The van der Waals surface area contributed by atoms with Gasteiger partial charge in [-0.1, -0.05) is 11.6 Å². The highest BCUT2D eigenvalue weighted by atomic mass is 35.5. The van der Waals surface area contributed by atoms with E-state index in [0.29, 0.717) is 16.8 Å². The second-order valence-electron chi connectivity index (χ2n) is 4.14. The van der Waals surface area contributed by atoms with Crippen LogP contribution in [-0.4, -0.2) is 9.55 Å². The Labute approximate surface area is 103 Å². The maximum Gasteiger partial charge on any atom is 0.207 e. The fraction of sp³-hybridized carbons (Fsp3) is 0.250. The summed E-state index contributed by atoms with van der Waals surface area (Å²) in [4.78, 5) is 4.24. The maximum absolute atomic E-state index is 12.9. The van der Waals surface area contributed by atoms with Crippen LogP contribution in [0.25, 0.3) is 0 Å². The van der Waals surface area contributed by atoms with Crippen LogP contribution >= 0.6 is 11.6 Å². The van der Waals surface area contributed by atoms with Crippen molar-refractivity contribution in [2.24, 2.45) is 0 Å². The summed E-state index contributed by atoms with van der Waals surface area (Å²) in [5.41, 5.74) is 0.668. The first-order valence-electron chi connectivity index (χ1n) is 5.49. The zero-order chi connectivity index (χ0) is 11.8. The van der Waals surface area contributed by atoms with Crippen LogP contribution in [0.4, 0.5) is 16.0 Å². The molecule has 0 saturated heterocycles. The molecule has 0 unspecified atom stereocenters. The van der Waals surface area contributed by atoms with Crippen molar-refractivity contribution < 1.29 is 4.39 Å². The summed E-state index contributed by atoms with van der Waals surface area (Å²) >= 11 is 5.95. The lowest BCUT2D eigenvalue weighted by molar-refractivity contribution is 0.628. The van der Waals surface area contributed by atoms with Gasteiger partial charge in [0.1, 0.15) is 5.82 Å². The lowest BCUT2D eigenvalue weighted by Gasteiger charge is -2.10. The summed E-state index contributed by atoms with van der Waals surface area (Å²) in [6.07, 6.45) is 6.06. The lowest BCUT2D eigenvalue weighted by Crippen LogP contribution is -2.01. The highest BCUT2D eigenvalue weighted by Crippen LogP contribution is 2.37. The summed E-state index contributed by atoms with van der Waals surface area (Å²) < 4.78 is 15.0. The molecule has 1 fully saturated rings. The fourth-order valence-corrected chi connectivity index (χ4v) is 1.98. The minimum atomic E-state index is -0.342. The molecule has 1 heterocycles. The number of rotatable bonds is 3. The number of anilines is 2. The van der Waals surface area contributed by atoms with Crippen molar-refractivity contribution in [1.82, 2.24) is 9.55 Å². The van der Waals surface area contributed by atoms with E-state index in [0.717, 1.165) is 5.95 Å². The molecule has 0 spiro atoms. The predicted octanol–water partition coefficient (Wildman–Crippen LogP) is 3.75. The Morgan fingerprint density at radius 2 is 2.24 bits per heavy atom. The van der Waals surface area contributed by atoms with E-state index in [-0.39, 0.29) is 5.82 Å². The number of nitrogens with one attached hydrogen (secondary N) is 1. The molecule has 2 aromatic rings. The van der Waals surface area contributed by atoms with Gasteiger partial charge in [-0.15, -0.1) is 0 Å². The Hall–Kier alpha value is -1.55. The van der Waals surface area contributed by atoms with Crippen LogP contribution in [0.2, 0.25) is 5.02 Å². The average Bonchev–Trinajstić information content (AvgIpc) is 3.03. The molecular weight excluding hydrogens is 241 g/mol. The molecule has 1 aromatic heterocycles. The van der Waals surface area contributed by atoms with Gasteiger partial charge in [-0.25, -0.2) is 9.37 Å². The average molecular weight is 252 g/mol. The molecule has 88 valence electrons. The highest BCUT2D eigenvalue weighted by molar-refractivity contribution is 6.33. The van der Waals surface area contributed by atoms with Gasteiger partial charge >= 0.3 is 0 Å².